The van der Waals surface area contributed by atoms with Crippen molar-refractivity contribution in [2.45, 2.75) is 19.4 Å². The van der Waals surface area contributed by atoms with Crippen LogP contribution in [0.1, 0.15) is 17.4 Å². The molecule has 1 amide bonds. The first-order chi connectivity index (χ1) is 11.6. The Morgan fingerprint density at radius 1 is 1.42 bits per heavy atom. The Morgan fingerprint density at radius 2 is 2.17 bits per heavy atom. The Balaban J connectivity index is 1.59. The highest BCUT2D eigenvalue weighted by atomic mass is 35.5. The Kier molecular flexibility index (Phi) is 5.84. The van der Waals surface area contributed by atoms with Crippen molar-refractivity contribution in [1.82, 2.24) is 9.88 Å². The summed E-state index contributed by atoms with van der Waals surface area (Å²) < 4.78 is 5.32. The van der Waals surface area contributed by atoms with E-state index in [2.05, 4.69) is 15.2 Å². The number of carbonyl (C=O) groups is 1. The molecule has 1 N–H and O–H groups in total. The highest BCUT2D eigenvalue weighted by molar-refractivity contribution is 7.15. The van der Waals surface area contributed by atoms with Crippen molar-refractivity contribution in [3.63, 3.8) is 0 Å². The maximum Gasteiger partial charge on any atom is 0.243 e. The molecular formula is C17H20ClN3O2S. The number of ether oxygens (including phenoxy) is 1. The lowest BCUT2D eigenvalue weighted by atomic mass is 10.1. The number of amides is 1. The lowest BCUT2D eigenvalue weighted by Crippen LogP contribution is -2.47. The average Bonchev–Trinajstić information content (AvgIpc) is 3.04. The number of nitrogens with one attached hydrogen (secondary N) is 1. The first kappa shape index (κ1) is 17.4. The van der Waals surface area contributed by atoms with Gasteiger partial charge in [0.05, 0.1) is 19.3 Å². The summed E-state index contributed by atoms with van der Waals surface area (Å²) in [6.45, 7) is 4.83. The lowest BCUT2D eigenvalue weighted by Gasteiger charge is -2.31. The van der Waals surface area contributed by atoms with Crippen molar-refractivity contribution in [2.24, 2.45) is 0 Å². The van der Waals surface area contributed by atoms with Crippen LogP contribution in [-0.2, 0) is 16.0 Å². The number of hydrogen-bond acceptors (Lipinski definition) is 5. The molecule has 0 bridgehead atoms. The average molecular weight is 366 g/mol. The van der Waals surface area contributed by atoms with Crippen molar-refractivity contribution in [3.8, 4) is 0 Å². The number of hydrogen-bond donors (Lipinski definition) is 1. The van der Waals surface area contributed by atoms with Crippen LogP contribution in [0.2, 0.25) is 5.02 Å². The number of nitrogens with zero attached hydrogens (tertiary/aromatic N) is 2. The molecule has 0 unspecified atom stereocenters. The molecule has 1 aromatic carbocycles. The zero-order valence-electron chi connectivity index (χ0n) is 13.5. The van der Waals surface area contributed by atoms with E-state index in [0.717, 1.165) is 28.6 Å². The van der Waals surface area contributed by atoms with Gasteiger partial charge in [0.25, 0.3) is 0 Å². The number of morpholine rings is 1. The molecule has 2 heterocycles. The Morgan fingerprint density at radius 3 is 2.92 bits per heavy atom. The van der Waals surface area contributed by atoms with Gasteiger partial charge in [0.15, 0.2) is 5.13 Å². The molecule has 0 radical (unpaired) electrons. The third-order valence-electron chi connectivity index (χ3n) is 4.08. The Bertz CT molecular complexity index is 701. The second kappa shape index (κ2) is 8.07. The second-order valence-electron chi connectivity index (χ2n) is 5.71. The van der Waals surface area contributed by atoms with Gasteiger partial charge >= 0.3 is 0 Å². The van der Waals surface area contributed by atoms with E-state index < -0.39 is 0 Å². The smallest absolute Gasteiger partial charge is 0.243 e. The van der Waals surface area contributed by atoms with Crippen LogP contribution in [0.4, 0.5) is 5.13 Å². The van der Waals surface area contributed by atoms with E-state index in [4.69, 9.17) is 16.3 Å². The van der Waals surface area contributed by atoms with Crippen molar-refractivity contribution >= 4 is 34.0 Å². The highest BCUT2D eigenvalue weighted by Crippen LogP contribution is 2.24. The molecule has 1 fully saturated rings. The molecule has 0 aliphatic carbocycles. The summed E-state index contributed by atoms with van der Waals surface area (Å²) in [6, 6.07) is 7.57. The maximum atomic E-state index is 12.4. The number of rotatable bonds is 5. The molecule has 0 saturated carbocycles. The second-order valence-corrected chi connectivity index (χ2v) is 7.24. The molecule has 7 heteroatoms. The fraction of sp³-hybridized carbons (Fsp3) is 0.412. The normalized spacial score (nSPS) is 16.8. The first-order valence-electron chi connectivity index (χ1n) is 7.94. The summed E-state index contributed by atoms with van der Waals surface area (Å²) in [7, 11) is 0. The minimum atomic E-state index is -0.190. The molecule has 2 aromatic rings. The van der Waals surface area contributed by atoms with Gasteiger partial charge in [0, 0.05) is 35.6 Å². The molecule has 3 rings (SSSR count). The van der Waals surface area contributed by atoms with Gasteiger partial charge < -0.3 is 10.1 Å². The number of aromatic nitrogens is 1. The van der Waals surface area contributed by atoms with Gasteiger partial charge in [-0.2, -0.15) is 0 Å². The quantitative estimate of drug-likeness (QED) is 0.884. The van der Waals surface area contributed by atoms with Crippen molar-refractivity contribution < 1.29 is 9.53 Å². The van der Waals surface area contributed by atoms with Crippen LogP contribution in [0.5, 0.6) is 0 Å². The molecule has 0 spiro atoms. The zero-order valence-corrected chi connectivity index (χ0v) is 15.1. The number of carbonyl (C=O) groups excluding carboxylic acids is 1. The SMILES string of the molecule is C[C@H](C(=O)Nc1ncc(Cc2ccccc2Cl)s1)N1CCOCC1. The number of thiazole rings is 1. The van der Waals surface area contributed by atoms with Crippen molar-refractivity contribution in [1.29, 1.82) is 0 Å². The van der Waals surface area contributed by atoms with E-state index in [1.165, 1.54) is 11.3 Å². The van der Waals surface area contributed by atoms with Gasteiger partial charge in [-0.05, 0) is 18.6 Å². The van der Waals surface area contributed by atoms with Gasteiger partial charge in [-0.15, -0.1) is 11.3 Å². The van der Waals surface area contributed by atoms with Crippen LogP contribution < -0.4 is 5.32 Å². The van der Waals surface area contributed by atoms with Crippen LogP contribution in [0.3, 0.4) is 0 Å². The summed E-state index contributed by atoms with van der Waals surface area (Å²) in [5.41, 5.74) is 1.06. The van der Waals surface area contributed by atoms with Gasteiger partial charge in [0.2, 0.25) is 5.91 Å². The molecule has 5 nitrogen and oxygen atoms in total. The molecule has 24 heavy (non-hydrogen) atoms. The van der Waals surface area contributed by atoms with E-state index in [1.54, 1.807) is 6.20 Å². The number of halogens is 1. The Labute approximate surface area is 150 Å². The molecule has 1 aromatic heterocycles. The van der Waals surface area contributed by atoms with E-state index >= 15 is 0 Å². The molecular weight excluding hydrogens is 346 g/mol. The molecule has 128 valence electrons. The van der Waals surface area contributed by atoms with Crippen molar-refractivity contribution in [3.05, 3.63) is 45.9 Å². The summed E-state index contributed by atoms with van der Waals surface area (Å²) in [6.07, 6.45) is 2.51. The van der Waals surface area contributed by atoms with Gasteiger partial charge in [-0.1, -0.05) is 29.8 Å². The van der Waals surface area contributed by atoms with Crippen LogP contribution in [0.15, 0.2) is 30.5 Å². The van der Waals surface area contributed by atoms with Crippen LogP contribution >= 0.6 is 22.9 Å². The first-order valence-corrected chi connectivity index (χ1v) is 9.13. The highest BCUT2D eigenvalue weighted by Gasteiger charge is 2.23. The predicted molar refractivity (Wildman–Crippen MR) is 96.9 cm³/mol. The van der Waals surface area contributed by atoms with E-state index in [1.807, 2.05) is 31.2 Å². The third-order valence-corrected chi connectivity index (χ3v) is 5.36. The summed E-state index contributed by atoms with van der Waals surface area (Å²) in [5.74, 6) is -0.0319. The largest absolute Gasteiger partial charge is 0.379 e. The monoisotopic (exact) mass is 365 g/mol. The summed E-state index contributed by atoms with van der Waals surface area (Å²) >= 11 is 7.68. The van der Waals surface area contributed by atoms with E-state index in [-0.39, 0.29) is 11.9 Å². The third kappa shape index (κ3) is 4.33. The summed E-state index contributed by atoms with van der Waals surface area (Å²) in [4.78, 5) is 19.9. The molecule has 1 aliphatic rings. The lowest BCUT2D eigenvalue weighted by molar-refractivity contribution is -0.122. The Hall–Kier alpha value is -1.47. The van der Waals surface area contributed by atoms with E-state index in [0.29, 0.717) is 24.8 Å². The fourth-order valence-electron chi connectivity index (χ4n) is 2.62. The van der Waals surface area contributed by atoms with Crippen LogP contribution in [0, 0.1) is 0 Å². The van der Waals surface area contributed by atoms with E-state index in [9.17, 15) is 4.79 Å². The molecule has 1 saturated heterocycles. The summed E-state index contributed by atoms with van der Waals surface area (Å²) in [5, 5.41) is 4.29. The van der Waals surface area contributed by atoms with Crippen LogP contribution in [0.25, 0.3) is 0 Å². The topological polar surface area (TPSA) is 54.5 Å². The number of anilines is 1. The van der Waals surface area contributed by atoms with Crippen LogP contribution in [-0.4, -0.2) is 48.1 Å². The van der Waals surface area contributed by atoms with Gasteiger partial charge in [-0.3, -0.25) is 9.69 Å². The minimum absolute atomic E-state index is 0.0319. The van der Waals surface area contributed by atoms with Gasteiger partial charge in [0.1, 0.15) is 0 Å². The fourth-order valence-corrected chi connectivity index (χ4v) is 3.66. The van der Waals surface area contributed by atoms with Crippen molar-refractivity contribution in [2.75, 3.05) is 31.6 Å². The predicted octanol–water partition coefficient (Wildman–Crippen LogP) is 3.05. The van der Waals surface area contributed by atoms with Gasteiger partial charge in [-0.25, -0.2) is 4.98 Å². The zero-order chi connectivity index (χ0) is 16.9. The molecule has 1 aliphatic heterocycles. The molecule has 1 atom stereocenters. The number of benzene rings is 1. The standard InChI is InChI=1S/C17H20ClN3O2S/c1-12(21-6-8-23-9-7-21)16(22)20-17-19-11-14(24-17)10-13-4-2-3-5-15(13)18/h2-5,11-12H,6-10H2,1H3,(H,19,20,22)/t12-/m1/s1. The minimum Gasteiger partial charge on any atom is -0.379 e. The maximum absolute atomic E-state index is 12.4.